The van der Waals surface area contributed by atoms with E-state index in [-0.39, 0.29) is 5.91 Å². The van der Waals surface area contributed by atoms with Crippen molar-refractivity contribution in [2.75, 3.05) is 11.6 Å². The molecule has 0 unspecified atom stereocenters. The van der Waals surface area contributed by atoms with Crippen molar-refractivity contribution in [3.8, 4) is 11.3 Å². The zero-order valence-electron chi connectivity index (χ0n) is 19.9. The Morgan fingerprint density at radius 3 is 2.57 bits per heavy atom. The van der Waals surface area contributed by atoms with Crippen molar-refractivity contribution in [3.63, 3.8) is 0 Å². The number of fused-ring (bicyclic) bond motifs is 1. The second-order valence-corrected chi connectivity index (χ2v) is 10.4. The summed E-state index contributed by atoms with van der Waals surface area (Å²) in [4.78, 5) is 18.4. The van der Waals surface area contributed by atoms with Crippen molar-refractivity contribution in [1.82, 2.24) is 19.9 Å². The standard InChI is InChI=1S/C28H23BrClN5OS/c1-37-25-12-5-3-10-21(25)28(36)32-16-19-8-6-7-18(13-19)15-31-26-14-24(20-9-2-4-11-23(20)30)34-27-22(29)17-33-35(26)27/h2-14,17,31H,15-16H2,1H3,(H,32,36). The summed E-state index contributed by atoms with van der Waals surface area (Å²) in [5.41, 5.74) is 5.09. The number of nitrogens with one attached hydrogen (secondary N) is 2. The predicted octanol–water partition coefficient (Wildman–Crippen LogP) is 7.08. The Balaban J connectivity index is 1.33. The van der Waals surface area contributed by atoms with E-state index in [1.165, 1.54) is 0 Å². The Labute approximate surface area is 232 Å². The molecule has 0 saturated heterocycles. The lowest BCUT2D eigenvalue weighted by atomic mass is 10.1. The number of hydrogen-bond donors (Lipinski definition) is 2. The molecular formula is C28H23BrClN5OS. The molecule has 0 spiro atoms. The molecule has 0 aliphatic rings. The lowest BCUT2D eigenvalue weighted by Crippen LogP contribution is -2.23. The second-order valence-electron chi connectivity index (χ2n) is 8.29. The summed E-state index contributed by atoms with van der Waals surface area (Å²) < 4.78 is 2.56. The summed E-state index contributed by atoms with van der Waals surface area (Å²) in [7, 11) is 0. The number of rotatable bonds is 8. The third-order valence-electron chi connectivity index (χ3n) is 5.85. The lowest BCUT2D eigenvalue weighted by Gasteiger charge is -2.13. The van der Waals surface area contributed by atoms with E-state index in [0.29, 0.717) is 29.3 Å². The van der Waals surface area contributed by atoms with Crippen LogP contribution in [-0.4, -0.2) is 26.8 Å². The Kier molecular flexibility index (Phi) is 7.79. The summed E-state index contributed by atoms with van der Waals surface area (Å²) >= 11 is 11.6. The second kappa shape index (κ2) is 11.4. The molecule has 0 saturated carbocycles. The molecule has 0 fully saturated rings. The molecule has 6 nitrogen and oxygen atoms in total. The molecule has 186 valence electrons. The van der Waals surface area contributed by atoms with Gasteiger partial charge >= 0.3 is 0 Å². The molecule has 3 aromatic carbocycles. The molecule has 5 aromatic rings. The lowest BCUT2D eigenvalue weighted by molar-refractivity contribution is 0.0948. The number of thioether (sulfide) groups is 1. The molecule has 0 atom stereocenters. The molecule has 9 heteroatoms. The topological polar surface area (TPSA) is 71.3 Å². The minimum atomic E-state index is -0.0796. The van der Waals surface area contributed by atoms with Gasteiger partial charge in [-0.15, -0.1) is 11.8 Å². The largest absolute Gasteiger partial charge is 0.366 e. The number of amides is 1. The average Bonchev–Trinajstić information content (AvgIpc) is 3.31. The molecule has 37 heavy (non-hydrogen) atoms. The van der Waals surface area contributed by atoms with Crippen molar-refractivity contribution < 1.29 is 4.79 Å². The van der Waals surface area contributed by atoms with Crippen LogP contribution in [0.15, 0.2) is 94.4 Å². The van der Waals surface area contributed by atoms with Crippen LogP contribution in [-0.2, 0) is 13.1 Å². The van der Waals surface area contributed by atoms with Crippen LogP contribution in [0.3, 0.4) is 0 Å². The molecule has 0 radical (unpaired) electrons. The van der Waals surface area contributed by atoms with Crippen molar-refractivity contribution in [2.45, 2.75) is 18.0 Å². The maximum absolute atomic E-state index is 12.7. The number of carbonyl (C=O) groups excluding carboxylic acids is 1. The maximum Gasteiger partial charge on any atom is 0.252 e. The van der Waals surface area contributed by atoms with Gasteiger partial charge in [0, 0.05) is 34.6 Å². The first-order chi connectivity index (χ1) is 18.0. The first-order valence-electron chi connectivity index (χ1n) is 11.6. The van der Waals surface area contributed by atoms with Gasteiger partial charge in [0.1, 0.15) is 5.82 Å². The van der Waals surface area contributed by atoms with E-state index in [1.54, 1.807) is 22.5 Å². The van der Waals surface area contributed by atoms with Crippen molar-refractivity contribution in [2.24, 2.45) is 0 Å². The average molecular weight is 593 g/mol. The monoisotopic (exact) mass is 591 g/mol. The zero-order valence-corrected chi connectivity index (χ0v) is 23.1. The third kappa shape index (κ3) is 5.66. The van der Waals surface area contributed by atoms with Gasteiger partial charge in [-0.25, -0.2) is 4.98 Å². The van der Waals surface area contributed by atoms with Gasteiger partial charge in [-0.3, -0.25) is 4.79 Å². The number of nitrogens with zero attached hydrogens (tertiary/aromatic N) is 3. The van der Waals surface area contributed by atoms with Gasteiger partial charge in [0.15, 0.2) is 5.65 Å². The van der Waals surface area contributed by atoms with Gasteiger partial charge in [-0.05, 0) is 51.5 Å². The number of carbonyl (C=O) groups is 1. The first-order valence-corrected chi connectivity index (χ1v) is 13.9. The zero-order chi connectivity index (χ0) is 25.8. The van der Waals surface area contributed by atoms with Gasteiger partial charge in [0.05, 0.1) is 21.9 Å². The maximum atomic E-state index is 12.7. The van der Waals surface area contributed by atoms with Crippen LogP contribution < -0.4 is 10.6 Å². The molecule has 2 aromatic heterocycles. The summed E-state index contributed by atoms with van der Waals surface area (Å²) in [5, 5.41) is 11.6. The fourth-order valence-electron chi connectivity index (χ4n) is 4.02. The molecule has 0 bridgehead atoms. The van der Waals surface area contributed by atoms with Crippen LogP contribution in [0.1, 0.15) is 21.5 Å². The first kappa shape index (κ1) is 25.3. The fourth-order valence-corrected chi connectivity index (χ4v) is 5.20. The highest BCUT2D eigenvalue weighted by Crippen LogP contribution is 2.30. The molecule has 1 amide bonds. The predicted molar refractivity (Wildman–Crippen MR) is 154 cm³/mol. The van der Waals surface area contributed by atoms with Gasteiger partial charge in [0.25, 0.3) is 5.91 Å². The van der Waals surface area contributed by atoms with E-state index in [0.717, 1.165) is 37.6 Å². The highest BCUT2D eigenvalue weighted by Gasteiger charge is 2.14. The minimum Gasteiger partial charge on any atom is -0.366 e. The van der Waals surface area contributed by atoms with Crippen molar-refractivity contribution in [1.29, 1.82) is 0 Å². The van der Waals surface area contributed by atoms with Gasteiger partial charge in [0.2, 0.25) is 0 Å². The summed E-state index contributed by atoms with van der Waals surface area (Å²) in [6.07, 6.45) is 3.70. The Hall–Kier alpha value is -3.33. The Bertz CT molecular complexity index is 1590. The summed E-state index contributed by atoms with van der Waals surface area (Å²) in [6.45, 7) is 1.01. The van der Waals surface area contributed by atoms with Crippen LogP contribution in [0.5, 0.6) is 0 Å². The van der Waals surface area contributed by atoms with Crippen LogP contribution in [0.25, 0.3) is 16.9 Å². The minimum absolute atomic E-state index is 0.0796. The number of hydrogen-bond acceptors (Lipinski definition) is 5. The van der Waals surface area contributed by atoms with E-state index in [2.05, 4.69) is 37.7 Å². The van der Waals surface area contributed by atoms with E-state index in [1.807, 2.05) is 79.1 Å². The number of benzene rings is 3. The number of anilines is 1. The van der Waals surface area contributed by atoms with Crippen LogP contribution >= 0.6 is 39.3 Å². The van der Waals surface area contributed by atoms with E-state index < -0.39 is 0 Å². The third-order valence-corrected chi connectivity index (χ3v) is 7.53. The molecule has 2 heterocycles. The smallest absolute Gasteiger partial charge is 0.252 e. The quantitative estimate of drug-likeness (QED) is 0.189. The summed E-state index contributed by atoms with van der Waals surface area (Å²) in [5.74, 6) is 0.710. The van der Waals surface area contributed by atoms with Crippen molar-refractivity contribution >= 4 is 56.7 Å². The molecular weight excluding hydrogens is 570 g/mol. The Morgan fingerprint density at radius 2 is 1.76 bits per heavy atom. The van der Waals surface area contributed by atoms with E-state index >= 15 is 0 Å². The van der Waals surface area contributed by atoms with E-state index in [4.69, 9.17) is 16.6 Å². The SMILES string of the molecule is CSc1ccccc1C(=O)NCc1cccc(CNc2cc(-c3ccccc3Cl)nc3c(Br)cnn23)c1. The molecule has 0 aliphatic carbocycles. The van der Waals surface area contributed by atoms with Crippen LogP contribution in [0.2, 0.25) is 5.02 Å². The normalized spacial score (nSPS) is 11.0. The van der Waals surface area contributed by atoms with Gasteiger partial charge in [-0.2, -0.15) is 9.61 Å². The van der Waals surface area contributed by atoms with E-state index in [9.17, 15) is 4.79 Å². The fraction of sp³-hybridized carbons (Fsp3) is 0.107. The number of aromatic nitrogens is 3. The van der Waals surface area contributed by atoms with Crippen molar-refractivity contribution in [3.05, 3.63) is 111 Å². The Morgan fingerprint density at radius 1 is 1.00 bits per heavy atom. The molecule has 5 rings (SSSR count). The van der Waals surface area contributed by atoms with Gasteiger partial charge < -0.3 is 10.6 Å². The molecule has 2 N–H and O–H groups in total. The highest BCUT2D eigenvalue weighted by atomic mass is 79.9. The summed E-state index contributed by atoms with van der Waals surface area (Å²) in [6, 6.07) is 25.3. The number of halogens is 2. The highest BCUT2D eigenvalue weighted by molar-refractivity contribution is 9.10. The molecule has 0 aliphatic heterocycles. The van der Waals surface area contributed by atoms with Crippen LogP contribution in [0, 0.1) is 0 Å². The van der Waals surface area contributed by atoms with Gasteiger partial charge in [-0.1, -0.05) is 66.2 Å². The van der Waals surface area contributed by atoms with Crippen LogP contribution in [0.4, 0.5) is 5.82 Å².